The average Bonchev–Trinajstić information content (AvgIpc) is 2.30. The predicted octanol–water partition coefficient (Wildman–Crippen LogP) is 0.0132. The fourth-order valence-electron chi connectivity index (χ4n) is 1.28. The number of carbonyl (C=O) groups is 2. The quantitative estimate of drug-likeness (QED) is 0.594. The number of aliphatic carboxylic acids is 1. The van der Waals surface area contributed by atoms with E-state index in [1.165, 1.54) is 4.90 Å². The minimum absolute atomic E-state index is 0.210. The number of hydrogen-bond acceptors (Lipinski definition) is 4. The molecular formula is C11H19N3O4. The first-order valence-corrected chi connectivity index (χ1v) is 5.69. The zero-order valence-electron chi connectivity index (χ0n) is 10.6. The van der Waals surface area contributed by atoms with Crippen molar-refractivity contribution in [3.05, 3.63) is 0 Å². The molecule has 102 valence electrons. The van der Waals surface area contributed by atoms with Crippen LogP contribution < -0.4 is 5.32 Å². The van der Waals surface area contributed by atoms with Crippen molar-refractivity contribution in [2.24, 2.45) is 5.92 Å². The minimum Gasteiger partial charge on any atom is -0.479 e. The molecule has 0 aliphatic carbocycles. The van der Waals surface area contributed by atoms with Crippen LogP contribution in [0.2, 0.25) is 0 Å². The smallest absolute Gasteiger partial charge is 0.334 e. The Morgan fingerprint density at radius 3 is 2.50 bits per heavy atom. The third kappa shape index (κ3) is 6.70. The Morgan fingerprint density at radius 2 is 2.06 bits per heavy atom. The molecule has 0 aromatic carbocycles. The molecule has 0 bridgehead atoms. The molecule has 0 spiro atoms. The van der Waals surface area contributed by atoms with Gasteiger partial charge < -0.3 is 20.4 Å². The number of aliphatic hydroxyl groups is 1. The third-order valence-corrected chi connectivity index (χ3v) is 2.10. The molecule has 0 heterocycles. The number of aliphatic hydroxyl groups excluding tert-OH is 1. The Bertz CT molecular complexity index is 325. The summed E-state index contributed by atoms with van der Waals surface area (Å²) in [6.45, 7) is 4.26. The van der Waals surface area contributed by atoms with Crippen LogP contribution >= 0.6 is 0 Å². The molecule has 0 aliphatic rings. The normalized spacial score (nSPS) is 11.7. The number of carbonyl (C=O) groups excluding carboxylic acids is 1. The highest BCUT2D eigenvalue weighted by atomic mass is 16.4. The Balaban J connectivity index is 4.28. The molecule has 0 saturated heterocycles. The SMILES string of the molecule is CC(C)CN(CCC#N)C(=O)NC[C@H](O)C(=O)O. The maximum Gasteiger partial charge on any atom is 0.334 e. The van der Waals surface area contributed by atoms with E-state index in [-0.39, 0.29) is 25.4 Å². The lowest BCUT2D eigenvalue weighted by molar-refractivity contribution is -0.146. The molecule has 0 aliphatic heterocycles. The summed E-state index contributed by atoms with van der Waals surface area (Å²) < 4.78 is 0. The molecule has 0 saturated carbocycles. The monoisotopic (exact) mass is 257 g/mol. The van der Waals surface area contributed by atoms with Gasteiger partial charge in [-0.25, -0.2) is 9.59 Å². The van der Waals surface area contributed by atoms with Gasteiger partial charge in [0.1, 0.15) is 0 Å². The van der Waals surface area contributed by atoms with E-state index in [4.69, 9.17) is 15.5 Å². The van der Waals surface area contributed by atoms with Gasteiger partial charge in [0.15, 0.2) is 6.10 Å². The van der Waals surface area contributed by atoms with E-state index in [1.807, 2.05) is 19.9 Å². The second-order valence-corrected chi connectivity index (χ2v) is 4.29. The molecule has 0 aromatic heterocycles. The van der Waals surface area contributed by atoms with Gasteiger partial charge in [0.25, 0.3) is 0 Å². The highest BCUT2D eigenvalue weighted by Gasteiger charge is 2.18. The van der Waals surface area contributed by atoms with Crippen LogP contribution in [0, 0.1) is 17.2 Å². The number of amides is 2. The standard InChI is InChI=1S/C11H19N3O4/c1-8(2)7-14(5-3-4-12)11(18)13-6-9(15)10(16)17/h8-9,15H,3,5-7H2,1-2H3,(H,13,18)(H,16,17)/t9-/m0/s1. The number of carboxylic acid groups (broad SMARTS) is 1. The topological polar surface area (TPSA) is 114 Å². The number of rotatable bonds is 7. The van der Waals surface area contributed by atoms with E-state index in [2.05, 4.69) is 5.32 Å². The van der Waals surface area contributed by atoms with Crippen LogP contribution in [-0.4, -0.2) is 52.9 Å². The largest absolute Gasteiger partial charge is 0.479 e. The van der Waals surface area contributed by atoms with E-state index >= 15 is 0 Å². The lowest BCUT2D eigenvalue weighted by Gasteiger charge is -2.24. The number of hydrogen-bond donors (Lipinski definition) is 3. The van der Waals surface area contributed by atoms with Crippen molar-refractivity contribution >= 4 is 12.0 Å². The van der Waals surface area contributed by atoms with Crippen molar-refractivity contribution < 1.29 is 19.8 Å². The van der Waals surface area contributed by atoms with Crippen molar-refractivity contribution in [1.29, 1.82) is 5.26 Å². The van der Waals surface area contributed by atoms with E-state index in [0.717, 1.165) is 0 Å². The van der Waals surface area contributed by atoms with Crippen molar-refractivity contribution in [2.75, 3.05) is 19.6 Å². The first-order chi connectivity index (χ1) is 8.38. The number of nitrogens with one attached hydrogen (secondary N) is 1. The first kappa shape index (κ1) is 16.2. The summed E-state index contributed by atoms with van der Waals surface area (Å²) in [5, 5.41) is 28.3. The van der Waals surface area contributed by atoms with E-state index < -0.39 is 18.1 Å². The molecule has 18 heavy (non-hydrogen) atoms. The van der Waals surface area contributed by atoms with Crippen LogP contribution in [-0.2, 0) is 4.79 Å². The second-order valence-electron chi connectivity index (χ2n) is 4.29. The summed E-state index contributed by atoms with van der Waals surface area (Å²) in [6.07, 6.45) is -1.41. The van der Waals surface area contributed by atoms with E-state index in [9.17, 15) is 9.59 Å². The Morgan fingerprint density at radius 1 is 1.44 bits per heavy atom. The van der Waals surface area contributed by atoms with Gasteiger partial charge in [-0.1, -0.05) is 13.8 Å². The van der Waals surface area contributed by atoms with E-state index in [0.29, 0.717) is 6.54 Å². The van der Waals surface area contributed by atoms with Crippen LogP contribution in [0.5, 0.6) is 0 Å². The maximum atomic E-state index is 11.7. The Labute approximate surface area is 106 Å². The molecule has 0 rings (SSSR count). The molecule has 0 radical (unpaired) electrons. The van der Waals surface area contributed by atoms with Crippen LogP contribution in [0.3, 0.4) is 0 Å². The van der Waals surface area contributed by atoms with Gasteiger partial charge in [0.05, 0.1) is 19.0 Å². The Hall–Kier alpha value is -1.81. The average molecular weight is 257 g/mol. The van der Waals surface area contributed by atoms with Gasteiger partial charge in [-0.15, -0.1) is 0 Å². The van der Waals surface area contributed by atoms with Crippen LogP contribution in [0.25, 0.3) is 0 Å². The third-order valence-electron chi connectivity index (χ3n) is 2.10. The molecule has 7 nitrogen and oxygen atoms in total. The van der Waals surface area contributed by atoms with Crippen LogP contribution in [0.4, 0.5) is 4.79 Å². The van der Waals surface area contributed by atoms with Crippen LogP contribution in [0.1, 0.15) is 20.3 Å². The van der Waals surface area contributed by atoms with Crippen molar-refractivity contribution in [3.8, 4) is 6.07 Å². The molecule has 2 amide bonds. The highest BCUT2D eigenvalue weighted by molar-refractivity contribution is 5.76. The summed E-state index contributed by atoms with van der Waals surface area (Å²) in [7, 11) is 0. The molecule has 7 heteroatoms. The summed E-state index contributed by atoms with van der Waals surface area (Å²) in [5.41, 5.74) is 0. The number of nitrogens with zero attached hydrogens (tertiary/aromatic N) is 2. The number of carboxylic acids is 1. The second kappa shape index (κ2) is 8.31. The lowest BCUT2D eigenvalue weighted by Crippen LogP contribution is -2.46. The van der Waals surface area contributed by atoms with E-state index in [1.54, 1.807) is 0 Å². The molecule has 1 atom stereocenters. The summed E-state index contributed by atoms with van der Waals surface area (Å²) in [6, 6.07) is 1.47. The predicted molar refractivity (Wildman–Crippen MR) is 63.7 cm³/mol. The van der Waals surface area contributed by atoms with Crippen molar-refractivity contribution in [1.82, 2.24) is 10.2 Å². The van der Waals surface area contributed by atoms with Crippen LogP contribution in [0.15, 0.2) is 0 Å². The molecule has 0 fully saturated rings. The fraction of sp³-hybridized carbons (Fsp3) is 0.727. The number of nitriles is 1. The van der Waals surface area contributed by atoms with Gasteiger partial charge in [0.2, 0.25) is 0 Å². The minimum atomic E-state index is -1.62. The summed E-state index contributed by atoms with van der Waals surface area (Å²) in [4.78, 5) is 23.5. The molecular weight excluding hydrogens is 238 g/mol. The highest BCUT2D eigenvalue weighted by Crippen LogP contribution is 2.00. The molecule has 3 N–H and O–H groups in total. The van der Waals surface area contributed by atoms with Gasteiger partial charge in [0, 0.05) is 13.1 Å². The summed E-state index contributed by atoms with van der Waals surface area (Å²) >= 11 is 0. The first-order valence-electron chi connectivity index (χ1n) is 5.69. The zero-order chi connectivity index (χ0) is 14.1. The zero-order valence-corrected chi connectivity index (χ0v) is 10.6. The lowest BCUT2D eigenvalue weighted by atomic mass is 10.2. The molecule has 0 unspecified atom stereocenters. The van der Waals surface area contributed by atoms with Gasteiger partial charge >= 0.3 is 12.0 Å². The van der Waals surface area contributed by atoms with Gasteiger partial charge in [-0.2, -0.15) is 5.26 Å². The Kier molecular flexibility index (Phi) is 7.47. The number of urea groups is 1. The van der Waals surface area contributed by atoms with Crippen molar-refractivity contribution in [3.63, 3.8) is 0 Å². The van der Waals surface area contributed by atoms with Gasteiger partial charge in [-0.3, -0.25) is 0 Å². The summed E-state index contributed by atoms with van der Waals surface area (Å²) in [5.74, 6) is -1.15. The van der Waals surface area contributed by atoms with Gasteiger partial charge in [-0.05, 0) is 5.92 Å². The fourth-order valence-corrected chi connectivity index (χ4v) is 1.28. The maximum absolute atomic E-state index is 11.7. The van der Waals surface area contributed by atoms with Crippen molar-refractivity contribution in [2.45, 2.75) is 26.4 Å². The molecule has 0 aromatic rings.